The van der Waals surface area contributed by atoms with E-state index in [9.17, 15) is 4.79 Å². The van der Waals surface area contributed by atoms with Crippen LogP contribution >= 0.6 is 0 Å². The van der Waals surface area contributed by atoms with E-state index in [-0.39, 0.29) is 18.1 Å². The zero-order chi connectivity index (χ0) is 13.0. The molecule has 0 aliphatic heterocycles. The second-order valence-electron chi connectivity index (χ2n) is 3.48. The molecule has 0 aliphatic rings. The van der Waals surface area contributed by atoms with Gasteiger partial charge in [0.1, 0.15) is 6.26 Å². The highest BCUT2D eigenvalue weighted by Gasteiger charge is 2.09. The summed E-state index contributed by atoms with van der Waals surface area (Å²) >= 11 is 0. The summed E-state index contributed by atoms with van der Waals surface area (Å²) in [5, 5.41) is 20.4. The van der Waals surface area contributed by atoms with E-state index >= 15 is 0 Å². The predicted octanol–water partition coefficient (Wildman–Crippen LogP) is 1.86. The fourth-order valence-corrected chi connectivity index (χ4v) is 1.37. The van der Waals surface area contributed by atoms with Crippen molar-refractivity contribution in [2.45, 2.75) is 6.54 Å². The van der Waals surface area contributed by atoms with Crippen molar-refractivity contribution in [1.29, 1.82) is 5.26 Å². The lowest BCUT2D eigenvalue weighted by atomic mass is 10.2. The van der Waals surface area contributed by atoms with Gasteiger partial charge in [-0.05, 0) is 18.2 Å². The first-order valence-corrected chi connectivity index (χ1v) is 5.11. The molecule has 6 heteroatoms. The number of nitrogens with one attached hydrogen (secondary N) is 1. The van der Waals surface area contributed by atoms with Crippen LogP contribution in [0.3, 0.4) is 0 Å². The van der Waals surface area contributed by atoms with Crippen LogP contribution in [-0.4, -0.2) is 16.1 Å². The Hall–Kier alpha value is -2.81. The van der Waals surface area contributed by atoms with Crippen molar-refractivity contribution in [3.63, 3.8) is 0 Å². The number of oxazole rings is 1. The fourth-order valence-electron chi connectivity index (χ4n) is 1.37. The number of anilines is 1. The Balaban J connectivity index is 2.02. The molecule has 0 saturated heterocycles. The summed E-state index contributed by atoms with van der Waals surface area (Å²) in [6, 6.07) is 8.95. The Labute approximate surface area is 102 Å². The van der Waals surface area contributed by atoms with Gasteiger partial charge in [0.2, 0.25) is 5.89 Å². The quantitative estimate of drug-likeness (QED) is 0.850. The van der Waals surface area contributed by atoms with Crippen LogP contribution in [0.5, 0.6) is 0 Å². The van der Waals surface area contributed by atoms with E-state index < -0.39 is 5.97 Å². The molecule has 1 heterocycles. The molecule has 18 heavy (non-hydrogen) atoms. The van der Waals surface area contributed by atoms with Gasteiger partial charge in [0, 0.05) is 5.69 Å². The van der Waals surface area contributed by atoms with Gasteiger partial charge in [-0.2, -0.15) is 5.26 Å². The number of rotatable bonds is 4. The number of carboxylic acid groups (broad SMARTS) is 1. The second kappa shape index (κ2) is 5.01. The van der Waals surface area contributed by atoms with Gasteiger partial charge in [0.15, 0.2) is 5.69 Å². The van der Waals surface area contributed by atoms with Crippen LogP contribution in [0.15, 0.2) is 34.9 Å². The summed E-state index contributed by atoms with van der Waals surface area (Å²) in [5.74, 6) is -0.855. The molecule has 0 atom stereocenters. The van der Waals surface area contributed by atoms with E-state index in [2.05, 4.69) is 10.3 Å². The summed E-state index contributed by atoms with van der Waals surface area (Å²) in [6.45, 7) is 0.252. The first kappa shape index (κ1) is 11.7. The van der Waals surface area contributed by atoms with Gasteiger partial charge in [0.05, 0.1) is 18.2 Å². The summed E-state index contributed by atoms with van der Waals surface area (Å²) in [5.41, 5.74) is 1.15. The van der Waals surface area contributed by atoms with Crippen LogP contribution in [0.4, 0.5) is 5.69 Å². The van der Waals surface area contributed by atoms with Crippen LogP contribution < -0.4 is 5.32 Å². The molecule has 0 unspecified atom stereocenters. The molecular formula is C12H9N3O3. The fraction of sp³-hybridized carbons (Fsp3) is 0.0833. The lowest BCUT2D eigenvalue weighted by Gasteiger charge is -2.03. The van der Waals surface area contributed by atoms with E-state index in [4.69, 9.17) is 14.8 Å². The lowest BCUT2D eigenvalue weighted by molar-refractivity contribution is 0.0690. The highest BCUT2D eigenvalue weighted by molar-refractivity contribution is 5.84. The van der Waals surface area contributed by atoms with Crippen LogP contribution in [0.1, 0.15) is 21.9 Å². The average Bonchev–Trinajstić information content (AvgIpc) is 2.85. The minimum Gasteiger partial charge on any atom is -0.476 e. The van der Waals surface area contributed by atoms with Crippen LogP contribution in [0, 0.1) is 11.3 Å². The number of carbonyl (C=O) groups is 1. The molecule has 1 aromatic carbocycles. The number of benzene rings is 1. The molecule has 0 fully saturated rings. The van der Waals surface area contributed by atoms with Crippen molar-refractivity contribution >= 4 is 11.7 Å². The molecule has 0 spiro atoms. The van der Waals surface area contributed by atoms with Crippen LogP contribution in [-0.2, 0) is 6.54 Å². The molecule has 0 bridgehead atoms. The van der Waals surface area contributed by atoms with Gasteiger partial charge in [-0.15, -0.1) is 0 Å². The van der Waals surface area contributed by atoms with Gasteiger partial charge < -0.3 is 14.8 Å². The van der Waals surface area contributed by atoms with Crippen molar-refractivity contribution in [2.75, 3.05) is 5.32 Å². The minimum absolute atomic E-state index is 0.127. The third-order valence-corrected chi connectivity index (χ3v) is 2.21. The monoisotopic (exact) mass is 243 g/mol. The molecule has 0 radical (unpaired) electrons. The summed E-state index contributed by atoms with van der Waals surface area (Å²) in [4.78, 5) is 14.4. The van der Waals surface area contributed by atoms with Gasteiger partial charge >= 0.3 is 5.97 Å². The van der Waals surface area contributed by atoms with Crippen LogP contribution in [0.25, 0.3) is 0 Å². The van der Waals surface area contributed by atoms with E-state index in [1.807, 2.05) is 6.07 Å². The topological polar surface area (TPSA) is 99.2 Å². The van der Waals surface area contributed by atoms with Crippen molar-refractivity contribution in [3.05, 3.63) is 47.7 Å². The maximum Gasteiger partial charge on any atom is 0.357 e. The molecular weight excluding hydrogens is 234 g/mol. The van der Waals surface area contributed by atoms with Crippen molar-refractivity contribution in [1.82, 2.24) is 4.98 Å². The molecule has 2 aromatic rings. The number of aromatic nitrogens is 1. The molecule has 90 valence electrons. The Kier molecular flexibility index (Phi) is 3.25. The number of aromatic carboxylic acids is 1. The Morgan fingerprint density at radius 3 is 3.06 bits per heavy atom. The van der Waals surface area contributed by atoms with Gasteiger partial charge in [-0.1, -0.05) is 6.07 Å². The van der Waals surface area contributed by atoms with E-state index in [0.29, 0.717) is 5.56 Å². The highest BCUT2D eigenvalue weighted by Crippen LogP contribution is 2.11. The normalized spacial score (nSPS) is 9.72. The first-order valence-electron chi connectivity index (χ1n) is 5.11. The Bertz CT molecular complexity index is 613. The van der Waals surface area contributed by atoms with E-state index in [1.165, 1.54) is 0 Å². The Morgan fingerprint density at radius 1 is 1.56 bits per heavy atom. The van der Waals surface area contributed by atoms with Gasteiger partial charge in [-0.25, -0.2) is 9.78 Å². The molecule has 2 rings (SSSR count). The minimum atomic E-state index is -1.13. The Morgan fingerprint density at radius 2 is 2.39 bits per heavy atom. The van der Waals surface area contributed by atoms with E-state index in [0.717, 1.165) is 12.0 Å². The van der Waals surface area contributed by atoms with Crippen LogP contribution in [0.2, 0.25) is 0 Å². The highest BCUT2D eigenvalue weighted by atomic mass is 16.4. The first-order chi connectivity index (χ1) is 8.69. The van der Waals surface area contributed by atoms with Gasteiger partial charge in [-0.3, -0.25) is 0 Å². The number of nitriles is 1. The SMILES string of the molecule is N#Cc1cccc(NCc2nc(C(=O)O)co2)c1. The maximum atomic E-state index is 10.6. The maximum absolute atomic E-state index is 10.6. The number of hydrogen-bond acceptors (Lipinski definition) is 5. The molecule has 0 amide bonds. The predicted molar refractivity (Wildman–Crippen MR) is 61.9 cm³/mol. The zero-order valence-electron chi connectivity index (χ0n) is 9.25. The van der Waals surface area contributed by atoms with Crippen molar-refractivity contribution in [2.24, 2.45) is 0 Å². The van der Waals surface area contributed by atoms with Gasteiger partial charge in [0.25, 0.3) is 0 Å². The summed E-state index contributed by atoms with van der Waals surface area (Å²) in [6.07, 6.45) is 1.09. The molecule has 6 nitrogen and oxygen atoms in total. The van der Waals surface area contributed by atoms with Crippen molar-refractivity contribution in [3.8, 4) is 6.07 Å². The lowest BCUT2D eigenvalue weighted by Crippen LogP contribution is -2.01. The molecule has 1 aromatic heterocycles. The molecule has 0 saturated carbocycles. The third kappa shape index (κ3) is 2.65. The smallest absolute Gasteiger partial charge is 0.357 e. The third-order valence-electron chi connectivity index (χ3n) is 2.21. The number of hydrogen-bond donors (Lipinski definition) is 2. The number of nitrogens with zero attached hydrogens (tertiary/aromatic N) is 2. The summed E-state index contributed by atoms with van der Waals surface area (Å²) in [7, 11) is 0. The zero-order valence-corrected chi connectivity index (χ0v) is 9.25. The molecule has 0 aliphatic carbocycles. The summed E-state index contributed by atoms with van der Waals surface area (Å²) < 4.78 is 4.98. The second-order valence-corrected chi connectivity index (χ2v) is 3.48. The average molecular weight is 243 g/mol. The largest absolute Gasteiger partial charge is 0.476 e. The van der Waals surface area contributed by atoms with Crippen molar-refractivity contribution < 1.29 is 14.3 Å². The standard InChI is InChI=1S/C12H9N3O3/c13-5-8-2-1-3-9(4-8)14-6-11-15-10(7-18-11)12(16)17/h1-4,7,14H,6H2,(H,16,17). The number of carboxylic acids is 1. The molecule has 2 N–H and O–H groups in total. The van der Waals surface area contributed by atoms with E-state index in [1.54, 1.807) is 24.3 Å².